The Balaban J connectivity index is 2.74. The molecule has 0 heterocycles. The molecule has 1 aromatic carbocycles. The van der Waals surface area contributed by atoms with Crippen LogP contribution >= 0.6 is 0 Å². The SMILES string of the molecule is CCCCOc1ccccc1[SH](=O)=O. The van der Waals surface area contributed by atoms with Gasteiger partial charge in [0.25, 0.3) is 0 Å². The number of para-hydroxylation sites is 1. The van der Waals surface area contributed by atoms with E-state index in [1.54, 1.807) is 24.3 Å². The standard InChI is InChI=1S/C10H14O3S/c1-2-3-8-13-9-6-4-5-7-10(9)14(11)12/h4-7,14H,2-3,8H2,1H3. The maximum absolute atomic E-state index is 10.8. The molecule has 4 heteroatoms. The van der Waals surface area contributed by atoms with E-state index >= 15 is 0 Å². The summed E-state index contributed by atoms with van der Waals surface area (Å²) in [6.45, 7) is 2.63. The number of benzene rings is 1. The lowest BCUT2D eigenvalue weighted by atomic mass is 10.3. The van der Waals surface area contributed by atoms with Gasteiger partial charge in [-0.3, -0.25) is 0 Å². The van der Waals surface area contributed by atoms with E-state index < -0.39 is 10.7 Å². The molecule has 0 unspecified atom stereocenters. The van der Waals surface area contributed by atoms with Crippen molar-refractivity contribution in [3.8, 4) is 5.75 Å². The molecule has 0 fully saturated rings. The van der Waals surface area contributed by atoms with Crippen molar-refractivity contribution in [3.05, 3.63) is 24.3 Å². The van der Waals surface area contributed by atoms with E-state index in [1.165, 1.54) is 0 Å². The second-order valence-electron chi connectivity index (χ2n) is 2.93. The van der Waals surface area contributed by atoms with Crippen LogP contribution in [-0.2, 0) is 10.7 Å². The fourth-order valence-electron chi connectivity index (χ4n) is 1.06. The predicted octanol–water partition coefficient (Wildman–Crippen LogP) is 1.84. The molecule has 0 atom stereocenters. The highest BCUT2D eigenvalue weighted by molar-refractivity contribution is 7.72. The average molecular weight is 214 g/mol. The molecule has 0 N–H and O–H groups in total. The summed E-state index contributed by atoms with van der Waals surface area (Å²) >= 11 is 0. The molecule has 1 aromatic rings. The highest BCUT2D eigenvalue weighted by Gasteiger charge is 2.03. The van der Waals surface area contributed by atoms with Crippen LogP contribution < -0.4 is 4.74 Å². The fraction of sp³-hybridized carbons (Fsp3) is 0.400. The van der Waals surface area contributed by atoms with Crippen LogP contribution in [0.3, 0.4) is 0 Å². The molecule has 0 saturated heterocycles. The van der Waals surface area contributed by atoms with Crippen molar-refractivity contribution in [1.82, 2.24) is 0 Å². The monoisotopic (exact) mass is 214 g/mol. The first-order chi connectivity index (χ1) is 6.75. The Labute approximate surface area is 85.7 Å². The molecule has 78 valence electrons. The average Bonchev–Trinajstić information content (AvgIpc) is 2.19. The first-order valence-corrected chi connectivity index (χ1v) is 5.79. The number of ether oxygens (including phenoxy) is 1. The largest absolute Gasteiger partial charge is 0.492 e. The lowest BCUT2D eigenvalue weighted by Crippen LogP contribution is -1.98. The third-order valence-electron chi connectivity index (χ3n) is 1.82. The Kier molecular flexibility index (Phi) is 4.46. The molecule has 14 heavy (non-hydrogen) atoms. The summed E-state index contributed by atoms with van der Waals surface area (Å²) in [5.41, 5.74) is 0. The van der Waals surface area contributed by atoms with E-state index in [1.807, 2.05) is 0 Å². The maximum Gasteiger partial charge on any atom is 0.171 e. The molecule has 0 aromatic heterocycles. The maximum atomic E-state index is 10.8. The van der Waals surface area contributed by atoms with Gasteiger partial charge in [-0.1, -0.05) is 25.5 Å². The number of hydrogen-bond donors (Lipinski definition) is 1. The molecular weight excluding hydrogens is 200 g/mol. The van der Waals surface area contributed by atoms with Crippen LogP contribution in [0.1, 0.15) is 19.8 Å². The summed E-state index contributed by atoms with van der Waals surface area (Å²) in [4.78, 5) is 0.263. The zero-order chi connectivity index (χ0) is 10.4. The van der Waals surface area contributed by atoms with Gasteiger partial charge < -0.3 is 4.74 Å². The van der Waals surface area contributed by atoms with Gasteiger partial charge in [-0.15, -0.1) is 0 Å². The van der Waals surface area contributed by atoms with E-state index in [-0.39, 0.29) is 4.90 Å². The second-order valence-corrected chi connectivity index (χ2v) is 3.92. The zero-order valence-electron chi connectivity index (χ0n) is 8.10. The molecule has 0 saturated carbocycles. The van der Waals surface area contributed by atoms with Gasteiger partial charge in [0.15, 0.2) is 10.7 Å². The minimum Gasteiger partial charge on any atom is -0.492 e. The van der Waals surface area contributed by atoms with E-state index in [0.717, 1.165) is 12.8 Å². The van der Waals surface area contributed by atoms with Gasteiger partial charge in [0.05, 0.1) is 6.61 Å². The van der Waals surface area contributed by atoms with Gasteiger partial charge in [-0.25, -0.2) is 8.42 Å². The first kappa shape index (κ1) is 11.0. The van der Waals surface area contributed by atoms with E-state index in [2.05, 4.69) is 6.92 Å². The summed E-state index contributed by atoms with van der Waals surface area (Å²) in [6.07, 6.45) is 1.97. The van der Waals surface area contributed by atoms with Crippen LogP contribution in [0.25, 0.3) is 0 Å². The van der Waals surface area contributed by atoms with Crippen molar-refractivity contribution in [2.45, 2.75) is 24.7 Å². The Bertz CT molecular complexity index is 350. The van der Waals surface area contributed by atoms with Crippen molar-refractivity contribution in [1.29, 1.82) is 0 Å². The van der Waals surface area contributed by atoms with Crippen LogP contribution in [-0.4, -0.2) is 15.0 Å². The van der Waals surface area contributed by atoms with Gasteiger partial charge in [-0.05, 0) is 18.6 Å². The highest BCUT2D eigenvalue weighted by atomic mass is 32.2. The lowest BCUT2D eigenvalue weighted by Gasteiger charge is -2.06. The first-order valence-electron chi connectivity index (χ1n) is 4.62. The Morgan fingerprint density at radius 3 is 2.64 bits per heavy atom. The van der Waals surface area contributed by atoms with Gasteiger partial charge in [0.2, 0.25) is 0 Å². The molecule has 0 radical (unpaired) electrons. The number of rotatable bonds is 5. The minimum atomic E-state index is -2.56. The Hall–Kier alpha value is -1.03. The second kappa shape index (κ2) is 5.65. The van der Waals surface area contributed by atoms with Crippen LogP contribution in [0.15, 0.2) is 29.2 Å². The van der Waals surface area contributed by atoms with Crippen LogP contribution in [0.5, 0.6) is 5.75 Å². The van der Waals surface area contributed by atoms with Gasteiger partial charge in [0, 0.05) is 0 Å². The third-order valence-corrected chi connectivity index (χ3v) is 2.58. The quantitative estimate of drug-likeness (QED) is 0.600. The third kappa shape index (κ3) is 3.03. The molecule has 0 amide bonds. The van der Waals surface area contributed by atoms with Crippen molar-refractivity contribution in [2.75, 3.05) is 6.61 Å². The van der Waals surface area contributed by atoms with Crippen LogP contribution in [0.2, 0.25) is 0 Å². The number of unbranched alkanes of at least 4 members (excludes halogenated alkanes) is 1. The summed E-state index contributed by atoms with van der Waals surface area (Å²) in [6, 6.07) is 6.68. The van der Waals surface area contributed by atoms with Crippen LogP contribution in [0, 0.1) is 0 Å². The molecule has 0 bridgehead atoms. The molecule has 3 nitrogen and oxygen atoms in total. The lowest BCUT2D eigenvalue weighted by molar-refractivity contribution is 0.302. The minimum absolute atomic E-state index is 0.263. The molecule has 0 spiro atoms. The summed E-state index contributed by atoms with van der Waals surface area (Å²) in [5, 5.41) is 0. The molecule has 0 aliphatic heterocycles. The molecule has 0 aliphatic rings. The number of hydrogen-bond acceptors (Lipinski definition) is 3. The topological polar surface area (TPSA) is 43.4 Å². The summed E-state index contributed by atoms with van der Waals surface area (Å²) < 4.78 is 27.0. The summed E-state index contributed by atoms with van der Waals surface area (Å²) in [5.74, 6) is 0.456. The predicted molar refractivity (Wildman–Crippen MR) is 55.4 cm³/mol. The van der Waals surface area contributed by atoms with Crippen molar-refractivity contribution in [3.63, 3.8) is 0 Å². The smallest absolute Gasteiger partial charge is 0.171 e. The normalized spacial score (nSPS) is 10.4. The number of thiol groups is 1. The highest BCUT2D eigenvalue weighted by Crippen LogP contribution is 2.19. The van der Waals surface area contributed by atoms with Crippen LogP contribution in [0.4, 0.5) is 0 Å². The molecular formula is C10H14O3S. The van der Waals surface area contributed by atoms with Gasteiger partial charge in [0.1, 0.15) is 10.6 Å². The van der Waals surface area contributed by atoms with E-state index in [9.17, 15) is 8.42 Å². The van der Waals surface area contributed by atoms with E-state index in [4.69, 9.17) is 4.74 Å². The van der Waals surface area contributed by atoms with Crippen molar-refractivity contribution >= 4 is 10.7 Å². The Morgan fingerprint density at radius 2 is 2.00 bits per heavy atom. The molecule has 0 aliphatic carbocycles. The van der Waals surface area contributed by atoms with Crippen molar-refractivity contribution < 1.29 is 13.2 Å². The van der Waals surface area contributed by atoms with Crippen molar-refractivity contribution in [2.24, 2.45) is 0 Å². The zero-order valence-corrected chi connectivity index (χ0v) is 9.00. The Morgan fingerprint density at radius 1 is 1.29 bits per heavy atom. The van der Waals surface area contributed by atoms with Gasteiger partial charge >= 0.3 is 0 Å². The molecule has 1 rings (SSSR count). The fourth-order valence-corrected chi connectivity index (χ4v) is 1.58. The van der Waals surface area contributed by atoms with E-state index in [0.29, 0.717) is 12.4 Å². The van der Waals surface area contributed by atoms with Gasteiger partial charge in [-0.2, -0.15) is 0 Å². The summed E-state index contributed by atoms with van der Waals surface area (Å²) in [7, 11) is -2.56.